The molecule has 1 rings (SSSR count). The molecular weight excluding hydrogens is 310 g/mol. The van der Waals surface area contributed by atoms with Gasteiger partial charge >= 0.3 is 12.1 Å². The molecule has 1 unspecified atom stereocenters. The van der Waals surface area contributed by atoms with Crippen LogP contribution in [0.25, 0.3) is 0 Å². The number of likely N-dealkylation sites (N-methyl/N-ethyl adjacent to an activating group) is 1. The van der Waals surface area contributed by atoms with E-state index in [-0.39, 0.29) is 5.92 Å². The molecule has 1 atom stereocenters. The summed E-state index contributed by atoms with van der Waals surface area (Å²) >= 11 is 0. The van der Waals surface area contributed by atoms with Gasteiger partial charge in [-0.25, -0.2) is 9.78 Å². The van der Waals surface area contributed by atoms with E-state index in [9.17, 15) is 14.7 Å². The lowest BCUT2D eigenvalue weighted by molar-refractivity contribution is -0.144. The number of pyridine rings is 1. The van der Waals surface area contributed by atoms with Gasteiger partial charge in [-0.2, -0.15) is 0 Å². The largest absolute Gasteiger partial charge is 0.480 e. The zero-order chi connectivity index (χ0) is 18.5. The molecule has 0 aliphatic heterocycles. The molecule has 2 N–H and O–H groups in total. The van der Waals surface area contributed by atoms with E-state index in [1.54, 1.807) is 51.0 Å². The predicted molar refractivity (Wildman–Crippen MR) is 91.8 cm³/mol. The summed E-state index contributed by atoms with van der Waals surface area (Å²) in [4.78, 5) is 29.0. The maximum Gasteiger partial charge on any atom is 0.413 e. The summed E-state index contributed by atoms with van der Waals surface area (Å²) in [5.41, 5.74) is 0.263. The maximum absolute atomic E-state index is 11.8. The van der Waals surface area contributed by atoms with E-state index >= 15 is 0 Å². The van der Waals surface area contributed by atoms with Crippen LogP contribution < -0.4 is 5.32 Å². The molecule has 0 aliphatic carbocycles. The molecule has 1 amide bonds. The average Bonchev–Trinajstić information content (AvgIpc) is 2.35. The molecule has 1 heterocycles. The number of nitrogens with zero attached hydrogens (tertiary/aromatic N) is 2. The second-order valence-electron chi connectivity index (χ2n) is 7.12. The van der Waals surface area contributed by atoms with Gasteiger partial charge in [0.1, 0.15) is 17.5 Å². The fourth-order valence-electron chi connectivity index (χ4n) is 2.42. The van der Waals surface area contributed by atoms with Gasteiger partial charge in [-0.15, -0.1) is 0 Å². The number of hydrogen-bond donors (Lipinski definition) is 2. The first kappa shape index (κ1) is 19.9. The highest BCUT2D eigenvalue weighted by Crippen LogP contribution is 2.16. The number of anilines is 1. The van der Waals surface area contributed by atoms with Crippen molar-refractivity contribution in [3.8, 4) is 0 Å². The molecule has 1 aromatic heterocycles. The van der Waals surface area contributed by atoms with Crippen molar-refractivity contribution in [2.24, 2.45) is 5.92 Å². The van der Waals surface area contributed by atoms with Crippen molar-refractivity contribution in [1.82, 2.24) is 9.88 Å². The normalized spacial score (nSPS) is 13.0. The molecule has 0 radical (unpaired) electrons. The van der Waals surface area contributed by atoms with Crippen molar-refractivity contribution in [3.05, 3.63) is 23.9 Å². The number of hydrogen-bond acceptors (Lipinski definition) is 5. The fraction of sp³-hybridized carbons (Fsp3) is 0.588. The van der Waals surface area contributed by atoms with Gasteiger partial charge in [0.2, 0.25) is 0 Å². The van der Waals surface area contributed by atoms with Gasteiger partial charge in [0.25, 0.3) is 0 Å². The molecule has 0 bridgehead atoms. The van der Waals surface area contributed by atoms with Crippen LogP contribution in [0.1, 0.15) is 40.2 Å². The molecule has 7 heteroatoms. The van der Waals surface area contributed by atoms with E-state index in [1.807, 2.05) is 13.8 Å². The quantitative estimate of drug-likeness (QED) is 0.829. The van der Waals surface area contributed by atoms with Gasteiger partial charge in [-0.05, 0) is 51.4 Å². The third-order valence-corrected chi connectivity index (χ3v) is 3.24. The van der Waals surface area contributed by atoms with Crippen LogP contribution in [0.5, 0.6) is 0 Å². The van der Waals surface area contributed by atoms with Crippen molar-refractivity contribution in [2.75, 3.05) is 12.4 Å². The summed E-state index contributed by atoms with van der Waals surface area (Å²) in [7, 11) is 1.76. The van der Waals surface area contributed by atoms with E-state index < -0.39 is 23.7 Å². The highest BCUT2D eigenvalue weighted by molar-refractivity contribution is 5.83. The number of ether oxygens (including phenoxy) is 1. The lowest BCUT2D eigenvalue weighted by atomic mass is 10.0. The van der Waals surface area contributed by atoms with Crippen molar-refractivity contribution >= 4 is 17.9 Å². The minimum atomic E-state index is -0.853. The molecule has 0 saturated heterocycles. The predicted octanol–water partition coefficient (Wildman–Crippen LogP) is 2.97. The standard InChI is InChI=1S/C17H27N3O4/c1-11(2)14(15(21)22)20(6)10-12-7-8-18-13(9-12)19-16(23)24-17(3,4)5/h7-9,11,14H,10H2,1-6H3,(H,21,22)(H,18,19,23). The summed E-state index contributed by atoms with van der Waals surface area (Å²) in [6, 6.07) is 2.91. The fourth-order valence-corrected chi connectivity index (χ4v) is 2.42. The third-order valence-electron chi connectivity index (χ3n) is 3.24. The Kier molecular flexibility index (Phi) is 6.71. The van der Waals surface area contributed by atoms with Gasteiger partial charge in [0.05, 0.1) is 0 Å². The van der Waals surface area contributed by atoms with Gasteiger partial charge in [0, 0.05) is 12.7 Å². The Hall–Kier alpha value is -2.15. The van der Waals surface area contributed by atoms with Crippen molar-refractivity contribution in [3.63, 3.8) is 0 Å². The molecule has 0 fully saturated rings. The molecular formula is C17H27N3O4. The summed E-state index contributed by atoms with van der Waals surface area (Å²) in [6.45, 7) is 9.52. The smallest absolute Gasteiger partial charge is 0.413 e. The van der Waals surface area contributed by atoms with Crippen LogP contribution in [0.4, 0.5) is 10.6 Å². The number of carbonyl (C=O) groups excluding carboxylic acids is 1. The Morgan fingerprint density at radius 2 is 2.00 bits per heavy atom. The zero-order valence-electron chi connectivity index (χ0n) is 15.2. The molecule has 0 aromatic carbocycles. The van der Waals surface area contributed by atoms with E-state index in [1.165, 1.54) is 0 Å². The second-order valence-corrected chi connectivity index (χ2v) is 7.12. The monoisotopic (exact) mass is 337 g/mol. The van der Waals surface area contributed by atoms with Crippen LogP contribution in [0.3, 0.4) is 0 Å². The highest BCUT2D eigenvalue weighted by Gasteiger charge is 2.26. The Bertz CT molecular complexity index is 581. The zero-order valence-corrected chi connectivity index (χ0v) is 15.2. The topological polar surface area (TPSA) is 91.8 Å². The van der Waals surface area contributed by atoms with Crippen LogP contribution >= 0.6 is 0 Å². The van der Waals surface area contributed by atoms with Crippen LogP contribution in [-0.2, 0) is 16.1 Å². The van der Waals surface area contributed by atoms with Crippen molar-refractivity contribution in [1.29, 1.82) is 0 Å². The molecule has 134 valence electrons. The number of aliphatic carboxylic acids is 1. The van der Waals surface area contributed by atoms with Crippen molar-refractivity contribution < 1.29 is 19.4 Å². The number of rotatable bonds is 6. The molecule has 1 aromatic rings. The number of aromatic nitrogens is 1. The van der Waals surface area contributed by atoms with Gasteiger partial charge in [-0.1, -0.05) is 13.8 Å². The maximum atomic E-state index is 11.8. The minimum absolute atomic E-state index is 0.0197. The van der Waals surface area contributed by atoms with Gasteiger partial charge < -0.3 is 9.84 Å². The third kappa shape index (κ3) is 6.54. The van der Waals surface area contributed by atoms with E-state index in [0.717, 1.165) is 5.56 Å². The Morgan fingerprint density at radius 3 is 2.50 bits per heavy atom. The number of carbonyl (C=O) groups is 2. The van der Waals surface area contributed by atoms with Crippen LogP contribution in [0.15, 0.2) is 18.3 Å². The van der Waals surface area contributed by atoms with Gasteiger partial charge in [-0.3, -0.25) is 15.0 Å². The Balaban J connectivity index is 2.78. The lowest BCUT2D eigenvalue weighted by Gasteiger charge is -2.27. The SMILES string of the molecule is CC(C)C(C(=O)O)N(C)Cc1ccnc(NC(=O)OC(C)(C)C)c1. The summed E-state index contributed by atoms with van der Waals surface area (Å²) in [5.74, 6) is -0.506. The van der Waals surface area contributed by atoms with E-state index in [2.05, 4.69) is 10.3 Å². The number of carboxylic acids is 1. The molecule has 0 spiro atoms. The number of amides is 1. The highest BCUT2D eigenvalue weighted by atomic mass is 16.6. The molecule has 0 saturated carbocycles. The Morgan fingerprint density at radius 1 is 1.38 bits per heavy atom. The van der Waals surface area contributed by atoms with Crippen molar-refractivity contribution in [2.45, 2.75) is 52.8 Å². The number of carboxylic acid groups (broad SMARTS) is 1. The molecule has 7 nitrogen and oxygen atoms in total. The molecule has 24 heavy (non-hydrogen) atoms. The summed E-state index contributed by atoms with van der Waals surface area (Å²) in [6.07, 6.45) is 0.993. The summed E-state index contributed by atoms with van der Waals surface area (Å²) in [5, 5.41) is 11.9. The minimum Gasteiger partial charge on any atom is -0.480 e. The van der Waals surface area contributed by atoms with E-state index in [0.29, 0.717) is 12.4 Å². The second kappa shape index (κ2) is 8.10. The first-order chi connectivity index (χ1) is 11.0. The first-order valence-corrected chi connectivity index (χ1v) is 7.87. The number of nitrogens with one attached hydrogen (secondary N) is 1. The van der Waals surface area contributed by atoms with Gasteiger partial charge in [0.15, 0.2) is 0 Å². The first-order valence-electron chi connectivity index (χ1n) is 7.87. The average molecular weight is 337 g/mol. The van der Waals surface area contributed by atoms with Crippen LogP contribution in [-0.4, -0.2) is 45.7 Å². The van der Waals surface area contributed by atoms with Crippen LogP contribution in [0, 0.1) is 5.92 Å². The summed E-state index contributed by atoms with van der Waals surface area (Å²) < 4.78 is 5.19. The lowest BCUT2D eigenvalue weighted by Crippen LogP contribution is -2.41. The van der Waals surface area contributed by atoms with E-state index in [4.69, 9.17) is 4.74 Å². The Labute approximate surface area is 143 Å². The molecule has 0 aliphatic rings. The van der Waals surface area contributed by atoms with Crippen LogP contribution in [0.2, 0.25) is 0 Å².